The Morgan fingerprint density at radius 2 is 0.912 bits per heavy atom. The SMILES string of the molecule is O=C(N/C=C/c1ccc(O)cc1)c1c(-c2cc(O)c(O)c(O)c2)c(-c2cc(O)c(O)c(O)c2)c(C(=O)N/C=C/c2ccc(O)c(O)c2)n1CCc1ccc(O)cc1. The Morgan fingerprint density at radius 1 is 0.491 bits per heavy atom. The topological polar surface area (TPSA) is 265 Å². The Balaban J connectivity index is 1.62. The number of hydrogen-bond donors (Lipinski definition) is 12. The predicted molar refractivity (Wildman–Crippen MR) is 208 cm³/mol. The van der Waals surface area contributed by atoms with Crippen molar-refractivity contribution in [3.05, 3.63) is 131 Å². The second-order valence-electron chi connectivity index (χ2n) is 12.7. The molecule has 12 N–H and O–H groups in total. The van der Waals surface area contributed by atoms with Crippen LogP contribution in [0, 0.1) is 0 Å². The van der Waals surface area contributed by atoms with Gasteiger partial charge in [-0.25, -0.2) is 0 Å². The lowest BCUT2D eigenvalue weighted by Crippen LogP contribution is -2.27. The van der Waals surface area contributed by atoms with E-state index in [1.807, 2.05) is 0 Å². The molecule has 0 atom stereocenters. The summed E-state index contributed by atoms with van der Waals surface area (Å²) in [5, 5.41) is 108. The van der Waals surface area contributed by atoms with Crippen molar-refractivity contribution in [2.45, 2.75) is 13.0 Å². The van der Waals surface area contributed by atoms with Gasteiger partial charge in [-0.3, -0.25) is 9.59 Å². The summed E-state index contributed by atoms with van der Waals surface area (Å²) in [5.74, 6) is -7.41. The van der Waals surface area contributed by atoms with Crippen LogP contribution >= 0.6 is 0 Å². The number of aromatic nitrogens is 1. The zero-order valence-corrected chi connectivity index (χ0v) is 29.6. The lowest BCUT2D eigenvalue weighted by Gasteiger charge is -2.14. The van der Waals surface area contributed by atoms with Gasteiger partial charge in [0.05, 0.1) is 0 Å². The normalized spacial score (nSPS) is 11.3. The molecule has 6 rings (SSSR count). The van der Waals surface area contributed by atoms with E-state index in [1.165, 1.54) is 71.6 Å². The maximum absolute atomic E-state index is 14.5. The molecule has 0 fully saturated rings. The average Bonchev–Trinajstić information content (AvgIpc) is 3.53. The maximum Gasteiger partial charge on any atom is 0.272 e. The molecule has 1 aromatic heterocycles. The van der Waals surface area contributed by atoms with E-state index in [1.54, 1.807) is 24.3 Å². The molecule has 0 radical (unpaired) electrons. The number of aryl methyl sites for hydroxylation is 1. The third kappa shape index (κ3) is 8.32. The van der Waals surface area contributed by atoms with Gasteiger partial charge in [0.25, 0.3) is 11.8 Å². The summed E-state index contributed by atoms with van der Waals surface area (Å²) in [7, 11) is 0. The maximum atomic E-state index is 14.5. The van der Waals surface area contributed by atoms with E-state index < -0.39 is 52.1 Å². The van der Waals surface area contributed by atoms with Crippen molar-refractivity contribution in [3.8, 4) is 79.7 Å². The number of carbonyl (C=O) groups is 2. The summed E-state index contributed by atoms with van der Waals surface area (Å²) in [5.41, 5.74) is 0.637. The second kappa shape index (κ2) is 16.0. The Bertz CT molecular complexity index is 2510. The highest BCUT2D eigenvalue weighted by Crippen LogP contribution is 2.48. The van der Waals surface area contributed by atoms with Crippen molar-refractivity contribution in [1.82, 2.24) is 15.2 Å². The molecule has 0 aliphatic heterocycles. The molecule has 0 saturated carbocycles. The quantitative estimate of drug-likeness (QED) is 0.0685. The standard InChI is InChI=1S/C42H35N3O12/c46-27-6-1-22(2-7-27)11-14-43-41(56)37-35(25-18-31(50)39(54)32(51)19-25)36(26-20-33(52)40(55)34(53)21-26)38(45(37)16-13-23-3-8-28(47)9-4-23)42(57)44-15-12-24-5-10-29(48)30(49)17-24/h1-12,14-15,17-21,46-55H,13,16H2,(H,43,56)(H,44,57)/b14-11+,15-12+. The molecular formula is C42H35N3O12. The van der Waals surface area contributed by atoms with Gasteiger partial charge in [-0.05, 0) is 107 Å². The number of hydrogen-bond acceptors (Lipinski definition) is 12. The van der Waals surface area contributed by atoms with Crippen LogP contribution in [0.2, 0.25) is 0 Å². The van der Waals surface area contributed by atoms with Crippen molar-refractivity contribution < 1.29 is 60.7 Å². The first kappa shape index (κ1) is 38.5. The molecule has 290 valence electrons. The number of benzene rings is 5. The highest BCUT2D eigenvalue weighted by molar-refractivity contribution is 6.12. The first-order valence-electron chi connectivity index (χ1n) is 17.0. The first-order valence-corrected chi connectivity index (χ1v) is 17.0. The Kier molecular flexibility index (Phi) is 10.8. The zero-order valence-electron chi connectivity index (χ0n) is 29.6. The summed E-state index contributed by atoms with van der Waals surface area (Å²) >= 11 is 0. The summed E-state index contributed by atoms with van der Waals surface area (Å²) < 4.78 is 1.33. The molecule has 2 amide bonds. The lowest BCUT2D eigenvalue weighted by atomic mass is 9.93. The van der Waals surface area contributed by atoms with E-state index >= 15 is 0 Å². The number of nitrogens with one attached hydrogen (secondary N) is 2. The van der Waals surface area contributed by atoms with Crippen LogP contribution in [-0.4, -0.2) is 67.4 Å². The first-order chi connectivity index (χ1) is 27.2. The Labute approximate surface area is 323 Å². The minimum atomic E-state index is -0.879. The Hall–Kier alpha value is -8.20. The van der Waals surface area contributed by atoms with Gasteiger partial charge in [0.1, 0.15) is 22.9 Å². The predicted octanol–water partition coefficient (Wildman–Crippen LogP) is 5.92. The van der Waals surface area contributed by atoms with Gasteiger partial charge in [-0.1, -0.05) is 30.3 Å². The fraction of sp³-hybridized carbons (Fsp3) is 0.0476. The number of rotatable bonds is 11. The molecule has 0 bridgehead atoms. The molecule has 6 aromatic rings. The molecule has 0 unspecified atom stereocenters. The van der Waals surface area contributed by atoms with E-state index in [2.05, 4.69) is 10.6 Å². The van der Waals surface area contributed by atoms with E-state index in [9.17, 15) is 60.7 Å². The van der Waals surface area contributed by atoms with Gasteiger partial charge < -0.3 is 66.3 Å². The van der Waals surface area contributed by atoms with Gasteiger partial charge in [-0.2, -0.15) is 0 Å². The minimum absolute atomic E-state index is 0.00235. The van der Waals surface area contributed by atoms with E-state index in [0.29, 0.717) is 16.7 Å². The van der Waals surface area contributed by atoms with Crippen LogP contribution < -0.4 is 10.6 Å². The van der Waals surface area contributed by atoms with Crippen molar-refractivity contribution >= 4 is 24.0 Å². The smallest absolute Gasteiger partial charge is 0.272 e. The summed E-state index contributed by atoms with van der Waals surface area (Å²) in [6.45, 7) is -0.118. The van der Waals surface area contributed by atoms with Crippen LogP contribution in [0.5, 0.6) is 57.5 Å². The summed E-state index contributed by atoms with van der Waals surface area (Å²) in [6, 6.07) is 20.3. The molecule has 15 heteroatoms. The Morgan fingerprint density at radius 3 is 1.37 bits per heavy atom. The van der Waals surface area contributed by atoms with Crippen LogP contribution in [0.25, 0.3) is 34.4 Å². The zero-order chi connectivity index (χ0) is 41.0. The van der Waals surface area contributed by atoms with E-state index in [4.69, 9.17) is 0 Å². The largest absolute Gasteiger partial charge is 0.508 e. The molecule has 0 spiro atoms. The molecule has 0 aliphatic rings. The summed E-state index contributed by atoms with van der Waals surface area (Å²) in [4.78, 5) is 29.0. The number of carbonyl (C=O) groups excluding carboxylic acids is 2. The fourth-order valence-electron chi connectivity index (χ4n) is 6.07. The number of nitrogens with zero attached hydrogens (tertiary/aromatic N) is 1. The summed E-state index contributed by atoms with van der Waals surface area (Å²) in [6.07, 6.45) is 5.60. The molecule has 15 nitrogen and oxygen atoms in total. The van der Waals surface area contributed by atoms with E-state index in [0.717, 1.165) is 24.3 Å². The van der Waals surface area contributed by atoms with Gasteiger partial charge in [0, 0.05) is 30.1 Å². The third-order valence-electron chi connectivity index (χ3n) is 8.84. The molecule has 57 heavy (non-hydrogen) atoms. The van der Waals surface area contributed by atoms with Crippen LogP contribution in [0.4, 0.5) is 0 Å². The highest BCUT2D eigenvalue weighted by Gasteiger charge is 2.33. The van der Waals surface area contributed by atoms with Crippen molar-refractivity contribution in [2.75, 3.05) is 0 Å². The van der Waals surface area contributed by atoms with Crippen molar-refractivity contribution in [1.29, 1.82) is 0 Å². The fourth-order valence-corrected chi connectivity index (χ4v) is 6.07. The molecular weight excluding hydrogens is 738 g/mol. The van der Waals surface area contributed by atoms with Crippen LogP contribution in [-0.2, 0) is 13.0 Å². The van der Waals surface area contributed by atoms with Gasteiger partial charge in [0.15, 0.2) is 46.0 Å². The number of amides is 2. The van der Waals surface area contributed by atoms with Crippen molar-refractivity contribution in [2.24, 2.45) is 0 Å². The van der Waals surface area contributed by atoms with Crippen LogP contribution in [0.15, 0.2) is 103 Å². The third-order valence-corrected chi connectivity index (χ3v) is 8.84. The van der Waals surface area contributed by atoms with Gasteiger partial charge in [-0.15, -0.1) is 0 Å². The van der Waals surface area contributed by atoms with Gasteiger partial charge in [0.2, 0.25) is 0 Å². The highest BCUT2D eigenvalue weighted by atomic mass is 16.3. The lowest BCUT2D eigenvalue weighted by molar-refractivity contribution is 0.0955. The monoisotopic (exact) mass is 773 g/mol. The molecule has 5 aromatic carbocycles. The number of phenols is 10. The molecule has 0 aliphatic carbocycles. The second-order valence-corrected chi connectivity index (χ2v) is 12.7. The number of aromatic hydroxyl groups is 10. The molecule has 0 saturated heterocycles. The van der Waals surface area contributed by atoms with Crippen LogP contribution in [0.1, 0.15) is 37.7 Å². The molecule has 1 heterocycles. The van der Waals surface area contributed by atoms with Crippen molar-refractivity contribution in [3.63, 3.8) is 0 Å². The van der Waals surface area contributed by atoms with E-state index in [-0.39, 0.29) is 63.9 Å². The minimum Gasteiger partial charge on any atom is -0.508 e. The average molecular weight is 774 g/mol. The number of phenolic OH excluding ortho intramolecular Hbond substituents is 10. The van der Waals surface area contributed by atoms with Gasteiger partial charge >= 0.3 is 0 Å². The van der Waals surface area contributed by atoms with Crippen LogP contribution in [0.3, 0.4) is 0 Å².